The van der Waals surface area contributed by atoms with Gasteiger partial charge in [0.05, 0.1) is 17.3 Å². The van der Waals surface area contributed by atoms with Crippen molar-refractivity contribution >= 4 is 27.8 Å². The van der Waals surface area contributed by atoms with E-state index in [4.69, 9.17) is 9.47 Å². The van der Waals surface area contributed by atoms with Crippen LogP contribution in [0.4, 0.5) is 10.1 Å². The molecule has 0 aliphatic heterocycles. The fourth-order valence-corrected chi connectivity index (χ4v) is 3.27. The van der Waals surface area contributed by atoms with Crippen LogP contribution in [0.5, 0.6) is 11.5 Å². The Morgan fingerprint density at radius 1 is 1.04 bits per heavy atom. The molecular weight excluding hydrogens is 421 g/mol. The van der Waals surface area contributed by atoms with E-state index in [0.717, 1.165) is 26.9 Å². The first-order valence-corrected chi connectivity index (χ1v) is 9.61. The molecule has 3 aromatic rings. The van der Waals surface area contributed by atoms with Crippen LogP contribution in [0.3, 0.4) is 0 Å². The third-order valence-electron chi connectivity index (χ3n) is 4.27. The van der Waals surface area contributed by atoms with Crippen LogP contribution in [0.25, 0.3) is 0 Å². The predicted octanol–water partition coefficient (Wildman–Crippen LogP) is 6.54. The van der Waals surface area contributed by atoms with Gasteiger partial charge in [0.1, 0.15) is 12.4 Å². The molecule has 0 fully saturated rings. The summed E-state index contributed by atoms with van der Waals surface area (Å²) in [5.41, 5.74) is 4.98. The smallest absolute Gasteiger partial charge is 0.175 e. The Kier molecular flexibility index (Phi) is 6.47. The lowest BCUT2D eigenvalue weighted by molar-refractivity contribution is 0.282. The summed E-state index contributed by atoms with van der Waals surface area (Å²) in [7, 11) is 1.60. The molecule has 0 unspecified atom stereocenters. The van der Waals surface area contributed by atoms with Crippen molar-refractivity contribution in [3.63, 3.8) is 0 Å². The first-order valence-electron chi connectivity index (χ1n) is 8.82. The normalized spacial score (nSPS) is 11.0. The second kappa shape index (κ2) is 9.02. The molecule has 0 spiro atoms. The Balaban J connectivity index is 1.81. The highest BCUT2D eigenvalue weighted by molar-refractivity contribution is 9.10. The molecule has 0 aromatic heterocycles. The highest BCUT2D eigenvalue weighted by Crippen LogP contribution is 2.37. The summed E-state index contributed by atoms with van der Waals surface area (Å²) in [5.74, 6) is 0.921. The van der Waals surface area contributed by atoms with E-state index >= 15 is 0 Å². The van der Waals surface area contributed by atoms with E-state index in [0.29, 0.717) is 18.1 Å². The summed E-state index contributed by atoms with van der Waals surface area (Å²) in [6.07, 6.45) is 1.80. The van der Waals surface area contributed by atoms with E-state index in [1.165, 1.54) is 17.7 Å². The monoisotopic (exact) mass is 441 g/mol. The number of aryl methyl sites for hydroxylation is 2. The summed E-state index contributed by atoms with van der Waals surface area (Å²) >= 11 is 3.55. The number of hydrogen-bond acceptors (Lipinski definition) is 3. The van der Waals surface area contributed by atoms with Crippen molar-refractivity contribution in [2.45, 2.75) is 20.5 Å². The molecule has 0 atom stereocenters. The van der Waals surface area contributed by atoms with Gasteiger partial charge in [-0.25, -0.2) is 4.39 Å². The molecule has 0 amide bonds. The summed E-state index contributed by atoms with van der Waals surface area (Å²) in [5, 5.41) is 0. The first kappa shape index (κ1) is 20.1. The Morgan fingerprint density at radius 2 is 1.79 bits per heavy atom. The van der Waals surface area contributed by atoms with Gasteiger partial charge in [-0.05, 0) is 82.4 Å². The Morgan fingerprint density at radius 3 is 2.50 bits per heavy atom. The minimum Gasteiger partial charge on any atom is -0.493 e. The molecule has 0 aliphatic rings. The fraction of sp³-hybridized carbons (Fsp3) is 0.174. The highest BCUT2D eigenvalue weighted by Gasteiger charge is 2.12. The zero-order valence-electron chi connectivity index (χ0n) is 16.0. The van der Waals surface area contributed by atoms with Gasteiger partial charge in [-0.3, -0.25) is 4.99 Å². The molecule has 0 bridgehead atoms. The summed E-state index contributed by atoms with van der Waals surface area (Å²) in [6, 6.07) is 16.2. The van der Waals surface area contributed by atoms with Gasteiger partial charge in [0, 0.05) is 6.21 Å². The number of aliphatic imine (C=N–C) groups is 1. The lowest BCUT2D eigenvalue weighted by Gasteiger charge is -2.13. The average molecular weight is 442 g/mol. The van der Waals surface area contributed by atoms with Crippen LogP contribution in [0.2, 0.25) is 0 Å². The molecule has 0 radical (unpaired) electrons. The third-order valence-corrected chi connectivity index (χ3v) is 4.85. The van der Waals surface area contributed by atoms with Crippen molar-refractivity contribution in [3.05, 3.63) is 87.1 Å². The molecule has 5 heteroatoms. The number of nitrogens with zero attached hydrogens (tertiary/aromatic N) is 1. The number of benzene rings is 3. The van der Waals surface area contributed by atoms with E-state index < -0.39 is 0 Å². The topological polar surface area (TPSA) is 30.8 Å². The van der Waals surface area contributed by atoms with Gasteiger partial charge in [-0.15, -0.1) is 0 Å². The Hall–Kier alpha value is -2.66. The van der Waals surface area contributed by atoms with Crippen molar-refractivity contribution in [1.29, 1.82) is 0 Å². The van der Waals surface area contributed by atoms with Gasteiger partial charge in [0.15, 0.2) is 11.5 Å². The Labute approximate surface area is 173 Å². The molecule has 28 heavy (non-hydrogen) atoms. The maximum Gasteiger partial charge on any atom is 0.175 e. The maximum absolute atomic E-state index is 13.0. The molecule has 0 heterocycles. The summed E-state index contributed by atoms with van der Waals surface area (Å²) < 4.78 is 25.2. The molecule has 3 rings (SSSR count). The van der Waals surface area contributed by atoms with Crippen LogP contribution in [0.15, 0.2) is 64.1 Å². The van der Waals surface area contributed by atoms with Crippen LogP contribution in [-0.4, -0.2) is 13.3 Å². The number of hydrogen-bond donors (Lipinski definition) is 0. The minimum absolute atomic E-state index is 0.269. The number of rotatable bonds is 6. The lowest BCUT2D eigenvalue weighted by Crippen LogP contribution is -1.99. The van der Waals surface area contributed by atoms with Crippen molar-refractivity contribution in [3.8, 4) is 11.5 Å². The number of methoxy groups -OCH3 is 1. The van der Waals surface area contributed by atoms with Crippen LogP contribution >= 0.6 is 15.9 Å². The largest absolute Gasteiger partial charge is 0.493 e. The van der Waals surface area contributed by atoms with Gasteiger partial charge >= 0.3 is 0 Å². The zero-order chi connectivity index (χ0) is 20.1. The molecule has 0 N–H and O–H groups in total. The van der Waals surface area contributed by atoms with E-state index in [-0.39, 0.29) is 5.82 Å². The van der Waals surface area contributed by atoms with E-state index in [1.54, 1.807) is 25.5 Å². The molecule has 3 nitrogen and oxygen atoms in total. The second-order valence-corrected chi connectivity index (χ2v) is 7.35. The number of halogens is 2. The van der Waals surface area contributed by atoms with Gasteiger partial charge in [0.2, 0.25) is 0 Å². The van der Waals surface area contributed by atoms with E-state index in [1.807, 2.05) is 26.0 Å². The highest BCUT2D eigenvalue weighted by atomic mass is 79.9. The Bertz CT molecular complexity index is 1000. The maximum atomic E-state index is 13.0. The first-order chi connectivity index (χ1) is 13.5. The van der Waals surface area contributed by atoms with Crippen LogP contribution < -0.4 is 9.47 Å². The van der Waals surface area contributed by atoms with Crippen molar-refractivity contribution in [2.75, 3.05) is 7.11 Å². The van der Waals surface area contributed by atoms with E-state index in [9.17, 15) is 4.39 Å². The molecule has 0 aliphatic carbocycles. The van der Waals surface area contributed by atoms with Crippen LogP contribution in [0.1, 0.15) is 22.3 Å². The standard InChI is InChI=1S/C23H21BrFNO2/c1-15-4-5-16(2)21(10-15)26-13-18-11-20(24)23(22(12-18)27-3)28-14-17-6-8-19(25)9-7-17/h4-13H,14H2,1-3H3. The predicted molar refractivity (Wildman–Crippen MR) is 115 cm³/mol. The molecule has 144 valence electrons. The quantitative estimate of drug-likeness (QED) is 0.406. The number of ether oxygens (including phenoxy) is 2. The van der Waals surface area contributed by atoms with Crippen molar-refractivity contribution in [1.82, 2.24) is 0 Å². The molecular formula is C23H21BrFNO2. The zero-order valence-corrected chi connectivity index (χ0v) is 17.6. The third kappa shape index (κ3) is 4.98. The van der Waals surface area contributed by atoms with Crippen molar-refractivity contribution in [2.24, 2.45) is 4.99 Å². The summed E-state index contributed by atoms with van der Waals surface area (Å²) in [6.45, 7) is 4.39. The molecule has 0 saturated heterocycles. The lowest BCUT2D eigenvalue weighted by atomic mass is 10.1. The summed E-state index contributed by atoms with van der Waals surface area (Å²) in [4.78, 5) is 4.61. The molecule has 3 aromatic carbocycles. The molecule has 0 saturated carbocycles. The second-order valence-electron chi connectivity index (χ2n) is 6.50. The van der Waals surface area contributed by atoms with Crippen LogP contribution in [0, 0.1) is 19.7 Å². The van der Waals surface area contributed by atoms with Gasteiger partial charge in [0.25, 0.3) is 0 Å². The minimum atomic E-state index is -0.269. The van der Waals surface area contributed by atoms with Gasteiger partial charge in [-0.2, -0.15) is 0 Å². The van der Waals surface area contributed by atoms with Crippen LogP contribution in [-0.2, 0) is 6.61 Å². The van der Waals surface area contributed by atoms with Crippen molar-refractivity contribution < 1.29 is 13.9 Å². The van der Waals surface area contributed by atoms with Gasteiger partial charge < -0.3 is 9.47 Å². The van der Waals surface area contributed by atoms with E-state index in [2.05, 4.69) is 39.1 Å². The van der Waals surface area contributed by atoms with Gasteiger partial charge in [-0.1, -0.05) is 24.3 Å². The SMILES string of the molecule is COc1cc(C=Nc2cc(C)ccc2C)cc(Br)c1OCc1ccc(F)cc1. The fourth-order valence-electron chi connectivity index (χ4n) is 2.69. The average Bonchev–Trinajstić information content (AvgIpc) is 2.68.